The molecule has 21 heavy (non-hydrogen) atoms. The minimum atomic E-state index is -0.317. The third-order valence-electron chi connectivity index (χ3n) is 3.82. The Labute approximate surface area is 135 Å². The lowest BCUT2D eigenvalue weighted by molar-refractivity contribution is 0.0602. The number of thiocarbonyl (C=S) groups is 1. The molecule has 1 saturated heterocycles. The number of hydrogen-bond acceptors (Lipinski definition) is 4. The number of carbonyl (C=O) groups excluding carboxylic acids is 1. The highest BCUT2D eigenvalue weighted by Crippen LogP contribution is 2.30. The Kier molecular flexibility index (Phi) is 5.58. The van der Waals surface area contributed by atoms with Gasteiger partial charge < -0.3 is 15.0 Å². The zero-order chi connectivity index (χ0) is 15.4. The normalized spacial score (nSPS) is 18.4. The van der Waals surface area contributed by atoms with E-state index in [9.17, 15) is 4.79 Å². The first kappa shape index (κ1) is 16.2. The Bertz CT molecular complexity index is 528. The fourth-order valence-corrected chi connectivity index (χ4v) is 3.96. The molecule has 1 N–H and O–H groups in total. The average molecular weight is 326 g/mol. The standard InChI is InChI=1S/C15H22N2O2S2/c1-4-11-9-12(14(18)19-3)13(21-11)16-15(20)17-8-6-5-7-10(17)2/h9-10H,4-8H2,1-3H3,(H,16,20). The maximum atomic E-state index is 11.9. The second kappa shape index (κ2) is 7.22. The highest BCUT2D eigenvalue weighted by atomic mass is 32.1. The summed E-state index contributed by atoms with van der Waals surface area (Å²) in [5.41, 5.74) is 0.575. The summed E-state index contributed by atoms with van der Waals surface area (Å²) in [5, 5.41) is 4.75. The highest BCUT2D eigenvalue weighted by Gasteiger charge is 2.23. The molecule has 1 unspecified atom stereocenters. The molecule has 1 atom stereocenters. The first-order valence-electron chi connectivity index (χ1n) is 7.35. The van der Waals surface area contributed by atoms with E-state index in [4.69, 9.17) is 17.0 Å². The molecule has 0 aromatic carbocycles. The van der Waals surface area contributed by atoms with Gasteiger partial charge in [0.1, 0.15) is 5.00 Å². The van der Waals surface area contributed by atoms with Crippen molar-refractivity contribution in [3.8, 4) is 0 Å². The molecule has 1 aliphatic rings. The van der Waals surface area contributed by atoms with Gasteiger partial charge in [0.05, 0.1) is 12.7 Å². The third-order valence-corrected chi connectivity index (χ3v) is 5.35. The Morgan fingerprint density at radius 3 is 2.95 bits per heavy atom. The van der Waals surface area contributed by atoms with E-state index in [1.807, 2.05) is 6.07 Å². The molecule has 0 radical (unpaired) electrons. The van der Waals surface area contributed by atoms with Crippen LogP contribution < -0.4 is 5.32 Å². The van der Waals surface area contributed by atoms with Gasteiger partial charge in [-0.05, 0) is 50.9 Å². The molecule has 1 fully saturated rings. The minimum absolute atomic E-state index is 0.317. The molecule has 0 saturated carbocycles. The molecule has 0 amide bonds. The van der Waals surface area contributed by atoms with Crippen LogP contribution in [0.1, 0.15) is 48.3 Å². The average Bonchev–Trinajstić information content (AvgIpc) is 2.89. The van der Waals surface area contributed by atoms with Crippen LogP contribution in [0.4, 0.5) is 5.00 Å². The second-order valence-electron chi connectivity index (χ2n) is 5.27. The number of carbonyl (C=O) groups is 1. The number of piperidine rings is 1. The lowest BCUT2D eigenvalue weighted by Crippen LogP contribution is -2.44. The zero-order valence-corrected chi connectivity index (χ0v) is 14.4. The molecule has 1 aromatic heterocycles. The summed E-state index contributed by atoms with van der Waals surface area (Å²) in [5.74, 6) is -0.317. The van der Waals surface area contributed by atoms with Crippen LogP contribution >= 0.6 is 23.6 Å². The molecular formula is C15H22N2O2S2. The Hall–Kier alpha value is -1.14. The first-order valence-corrected chi connectivity index (χ1v) is 8.58. The van der Waals surface area contributed by atoms with Crippen LogP contribution in [0.5, 0.6) is 0 Å². The first-order chi connectivity index (χ1) is 10.1. The summed E-state index contributed by atoms with van der Waals surface area (Å²) in [7, 11) is 1.40. The van der Waals surface area contributed by atoms with Crippen molar-refractivity contribution in [3.05, 3.63) is 16.5 Å². The number of aryl methyl sites for hydroxylation is 1. The summed E-state index contributed by atoms with van der Waals surface area (Å²) in [6, 6.07) is 2.34. The Morgan fingerprint density at radius 1 is 1.57 bits per heavy atom. The van der Waals surface area contributed by atoms with Crippen LogP contribution in [-0.4, -0.2) is 35.7 Å². The number of nitrogens with one attached hydrogen (secondary N) is 1. The van der Waals surface area contributed by atoms with Crippen molar-refractivity contribution in [3.63, 3.8) is 0 Å². The van der Waals surface area contributed by atoms with Gasteiger partial charge in [-0.1, -0.05) is 6.92 Å². The predicted octanol–water partition coefficient (Wildman–Crippen LogP) is 3.67. The van der Waals surface area contributed by atoms with Crippen LogP contribution in [0.25, 0.3) is 0 Å². The van der Waals surface area contributed by atoms with E-state index in [1.54, 1.807) is 11.3 Å². The van der Waals surface area contributed by atoms with E-state index in [1.165, 1.54) is 20.0 Å². The molecule has 0 bridgehead atoms. The maximum Gasteiger partial charge on any atom is 0.340 e. The number of esters is 1. The summed E-state index contributed by atoms with van der Waals surface area (Å²) >= 11 is 7.10. The molecule has 4 nitrogen and oxygen atoms in total. The zero-order valence-electron chi connectivity index (χ0n) is 12.8. The lowest BCUT2D eigenvalue weighted by Gasteiger charge is -2.35. The number of anilines is 1. The monoisotopic (exact) mass is 326 g/mol. The van der Waals surface area contributed by atoms with Gasteiger partial charge in [-0.25, -0.2) is 4.79 Å². The lowest BCUT2D eigenvalue weighted by atomic mass is 10.0. The van der Waals surface area contributed by atoms with Crippen molar-refractivity contribution in [1.82, 2.24) is 4.90 Å². The molecule has 6 heteroatoms. The topological polar surface area (TPSA) is 41.6 Å². The van der Waals surface area contributed by atoms with Gasteiger partial charge in [-0.3, -0.25) is 0 Å². The smallest absolute Gasteiger partial charge is 0.340 e. The molecule has 1 aromatic rings. The fourth-order valence-electron chi connectivity index (χ4n) is 2.54. The van der Waals surface area contributed by atoms with Crippen molar-refractivity contribution in [1.29, 1.82) is 0 Å². The molecule has 1 aliphatic heterocycles. The largest absolute Gasteiger partial charge is 0.465 e. The van der Waals surface area contributed by atoms with Crippen LogP contribution in [-0.2, 0) is 11.2 Å². The van der Waals surface area contributed by atoms with E-state index in [0.717, 1.165) is 29.3 Å². The van der Waals surface area contributed by atoms with Gasteiger partial charge >= 0.3 is 5.97 Å². The summed E-state index contributed by atoms with van der Waals surface area (Å²) in [4.78, 5) is 15.2. The minimum Gasteiger partial charge on any atom is -0.465 e. The highest BCUT2D eigenvalue weighted by molar-refractivity contribution is 7.80. The molecule has 0 spiro atoms. The number of rotatable bonds is 3. The Morgan fingerprint density at radius 2 is 2.33 bits per heavy atom. The number of hydrogen-bond donors (Lipinski definition) is 1. The van der Waals surface area contributed by atoms with Gasteiger partial charge in [-0.2, -0.15) is 0 Å². The Balaban J connectivity index is 2.16. The van der Waals surface area contributed by atoms with E-state index >= 15 is 0 Å². The van der Waals surface area contributed by atoms with Crippen molar-refractivity contribution in [2.45, 2.75) is 45.6 Å². The van der Waals surface area contributed by atoms with E-state index in [0.29, 0.717) is 16.7 Å². The second-order valence-corrected chi connectivity index (χ2v) is 6.79. The number of ether oxygens (including phenoxy) is 1. The van der Waals surface area contributed by atoms with E-state index in [-0.39, 0.29) is 5.97 Å². The maximum absolute atomic E-state index is 11.9. The molecule has 116 valence electrons. The number of nitrogens with zero attached hydrogens (tertiary/aromatic N) is 1. The summed E-state index contributed by atoms with van der Waals surface area (Å²) < 4.78 is 4.85. The molecule has 2 rings (SSSR count). The number of methoxy groups -OCH3 is 1. The number of thiophene rings is 1. The van der Waals surface area contributed by atoms with Crippen LogP contribution in [0, 0.1) is 0 Å². The summed E-state index contributed by atoms with van der Waals surface area (Å²) in [6.45, 7) is 5.24. The van der Waals surface area contributed by atoms with E-state index < -0.39 is 0 Å². The van der Waals surface area contributed by atoms with Crippen molar-refractivity contribution >= 4 is 39.6 Å². The van der Waals surface area contributed by atoms with Gasteiger partial charge in [0.25, 0.3) is 0 Å². The van der Waals surface area contributed by atoms with Crippen LogP contribution in [0.3, 0.4) is 0 Å². The van der Waals surface area contributed by atoms with Crippen LogP contribution in [0.2, 0.25) is 0 Å². The molecule has 2 heterocycles. The SMILES string of the molecule is CCc1cc(C(=O)OC)c(NC(=S)N2CCCCC2C)s1. The summed E-state index contributed by atoms with van der Waals surface area (Å²) in [6.07, 6.45) is 4.48. The molecular weight excluding hydrogens is 304 g/mol. The van der Waals surface area contributed by atoms with E-state index in [2.05, 4.69) is 24.1 Å². The van der Waals surface area contributed by atoms with Crippen molar-refractivity contribution in [2.75, 3.05) is 19.0 Å². The predicted molar refractivity (Wildman–Crippen MR) is 91.3 cm³/mol. The third kappa shape index (κ3) is 3.74. The molecule has 0 aliphatic carbocycles. The number of likely N-dealkylation sites (tertiary alicyclic amines) is 1. The van der Waals surface area contributed by atoms with Gasteiger partial charge in [0, 0.05) is 17.5 Å². The van der Waals surface area contributed by atoms with Crippen molar-refractivity contribution < 1.29 is 9.53 Å². The quantitative estimate of drug-likeness (QED) is 0.678. The fraction of sp³-hybridized carbons (Fsp3) is 0.600. The van der Waals surface area contributed by atoms with Gasteiger partial charge in [-0.15, -0.1) is 11.3 Å². The van der Waals surface area contributed by atoms with Crippen LogP contribution in [0.15, 0.2) is 6.07 Å². The van der Waals surface area contributed by atoms with Gasteiger partial charge in [0.2, 0.25) is 0 Å². The van der Waals surface area contributed by atoms with Crippen molar-refractivity contribution in [2.24, 2.45) is 0 Å². The van der Waals surface area contributed by atoms with Gasteiger partial charge in [0.15, 0.2) is 5.11 Å².